The number of hydrogen-bond acceptors (Lipinski definition) is 2. The van der Waals surface area contributed by atoms with Crippen LogP contribution < -0.4 is 5.32 Å². The molecule has 1 heterocycles. The molecule has 0 atom stereocenters. The molecule has 0 fully saturated rings. The number of nitrogens with zero attached hydrogens (tertiary/aromatic N) is 1. The van der Waals surface area contributed by atoms with E-state index in [1.807, 2.05) is 85.8 Å². The second-order valence-corrected chi connectivity index (χ2v) is 7.27. The van der Waals surface area contributed by atoms with Crippen molar-refractivity contribution in [1.29, 1.82) is 0 Å². The lowest BCUT2D eigenvalue weighted by Crippen LogP contribution is -2.13. The first-order chi connectivity index (χ1) is 13.1. The highest BCUT2D eigenvalue weighted by Crippen LogP contribution is 2.27. The van der Waals surface area contributed by atoms with Gasteiger partial charge in [0.25, 0.3) is 5.91 Å². The van der Waals surface area contributed by atoms with Gasteiger partial charge in [0.1, 0.15) is 0 Å². The van der Waals surface area contributed by atoms with Gasteiger partial charge < -0.3 is 5.32 Å². The number of aromatic nitrogens is 1. The summed E-state index contributed by atoms with van der Waals surface area (Å²) in [5.41, 5.74) is 5.11. The highest BCUT2D eigenvalue weighted by atomic mass is 79.9. The number of pyridine rings is 1. The van der Waals surface area contributed by atoms with Crippen molar-refractivity contribution < 1.29 is 4.79 Å². The number of para-hydroxylation sites is 1. The van der Waals surface area contributed by atoms with Crippen LogP contribution in [0.15, 0.2) is 83.3 Å². The Labute approximate surface area is 166 Å². The molecule has 4 aromatic rings. The molecule has 0 aliphatic rings. The summed E-state index contributed by atoms with van der Waals surface area (Å²) < 4.78 is 0.917. The summed E-state index contributed by atoms with van der Waals surface area (Å²) >= 11 is 3.44. The number of aryl methyl sites for hydroxylation is 1. The molecular weight excluding hydrogens is 400 g/mol. The zero-order chi connectivity index (χ0) is 18.8. The summed E-state index contributed by atoms with van der Waals surface area (Å²) in [6.07, 6.45) is 0. The van der Waals surface area contributed by atoms with Crippen LogP contribution in [0.3, 0.4) is 0 Å². The maximum absolute atomic E-state index is 13.1. The van der Waals surface area contributed by atoms with Crippen LogP contribution in [-0.4, -0.2) is 10.9 Å². The van der Waals surface area contributed by atoms with E-state index in [1.165, 1.54) is 0 Å². The van der Waals surface area contributed by atoms with E-state index >= 15 is 0 Å². The largest absolute Gasteiger partial charge is 0.322 e. The van der Waals surface area contributed by atoms with Gasteiger partial charge in [0.15, 0.2) is 0 Å². The van der Waals surface area contributed by atoms with Crippen LogP contribution in [0.5, 0.6) is 0 Å². The number of rotatable bonds is 3. The van der Waals surface area contributed by atoms with E-state index in [-0.39, 0.29) is 5.91 Å². The van der Waals surface area contributed by atoms with Crippen molar-refractivity contribution in [2.75, 3.05) is 5.32 Å². The Morgan fingerprint density at radius 1 is 0.926 bits per heavy atom. The van der Waals surface area contributed by atoms with Gasteiger partial charge in [-0.15, -0.1) is 0 Å². The zero-order valence-corrected chi connectivity index (χ0v) is 16.3. The zero-order valence-electron chi connectivity index (χ0n) is 14.7. The van der Waals surface area contributed by atoms with E-state index in [1.54, 1.807) is 0 Å². The fourth-order valence-corrected chi connectivity index (χ4v) is 3.53. The fourth-order valence-electron chi connectivity index (χ4n) is 3.13. The average molecular weight is 417 g/mol. The normalized spacial score (nSPS) is 10.7. The molecule has 1 aromatic heterocycles. The Bertz CT molecular complexity index is 1150. The van der Waals surface area contributed by atoms with E-state index in [4.69, 9.17) is 4.98 Å². The van der Waals surface area contributed by atoms with Crippen molar-refractivity contribution in [3.8, 4) is 11.3 Å². The van der Waals surface area contributed by atoms with Crippen LogP contribution in [0.1, 0.15) is 15.9 Å². The first-order valence-corrected chi connectivity index (χ1v) is 9.44. The second kappa shape index (κ2) is 7.33. The average Bonchev–Trinajstić information content (AvgIpc) is 2.67. The van der Waals surface area contributed by atoms with Gasteiger partial charge >= 0.3 is 0 Å². The van der Waals surface area contributed by atoms with Crippen LogP contribution in [0.2, 0.25) is 0 Å². The van der Waals surface area contributed by atoms with E-state index in [0.29, 0.717) is 5.56 Å². The van der Waals surface area contributed by atoms with Crippen molar-refractivity contribution in [1.82, 2.24) is 4.98 Å². The Morgan fingerprint density at radius 3 is 2.52 bits per heavy atom. The Balaban J connectivity index is 1.83. The molecule has 0 unspecified atom stereocenters. The van der Waals surface area contributed by atoms with Crippen LogP contribution in [0, 0.1) is 6.92 Å². The van der Waals surface area contributed by atoms with Crippen molar-refractivity contribution in [3.05, 3.63) is 94.5 Å². The molecule has 1 N–H and O–H groups in total. The smallest absolute Gasteiger partial charge is 0.256 e. The number of fused-ring (bicyclic) bond motifs is 1. The maximum atomic E-state index is 13.1. The minimum atomic E-state index is -0.151. The van der Waals surface area contributed by atoms with Gasteiger partial charge in [0, 0.05) is 21.1 Å². The first kappa shape index (κ1) is 17.4. The van der Waals surface area contributed by atoms with E-state index < -0.39 is 0 Å². The number of halogens is 1. The van der Waals surface area contributed by atoms with Gasteiger partial charge in [-0.25, -0.2) is 4.98 Å². The molecule has 3 nitrogen and oxygen atoms in total. The summed E-state index contributed by atoms with van der Waals surface area (Å²) in [5, 5.41) is 3.82. The van der Waals surface area contributed by atoms with Crippen LogP contribution in [0.4, 0.5) is 5.69 Å². The Hall–Kier alpha value is -2.98. The summed E-state index contributed by atoms with van der Waals surface area (Å²) in [4.78, 5) is 17.8. The fraction of sp³-hybridized carbons (Fsp3) is 0.0435. The van der Waals surface area contributed by atoms with E-state index in [2.05, 4.69) is 21.2 Å². The van der Waals surface area contributed by atoms with E-state index in [0.717, 1.165) is 37.9 Å². The number of hydrogen-bond donors (Lipinski definition) is 1. The highest BCUT2D eigenvalue weighted by Gasteiger charge is 2.15. The predicted molar refractivity (Wildman–Crippen MR) is 114 cm³/mol. The molecule has 0 saturated carbocycles. The van der Waals surface area contributed by atoms with Gasteiger partial charge in [-0.2, -0.15) is 0 Å². The van der Waals surface area contributed by atoms with Crippen molar-refractivity contribution in [2.24, 2.45) is 0 Å². The minimum Gasteiger partial charge on any atom is -0.322 e. The van der Waals surface area contributed by atoms with Crippen LogP contribution in [0.25, 0.3) is 22.2 Å². The third kappa shape index (κ3) is 3.62. The summed E-state index contributed by atoms with van der Waals surface area (Å²) in [6.45, 7) is 2.05. The lowest BCUT2D eigenvalue weighted by atomic mass is 10.0. The Kier molecular flexibility index (Phi) is 4.73. The summed E-state index contributed by atoms with van der Waals surface area (Å²) in [5.74, 6) is -0.151. The van der Waals surface area contributed by atoms with Gasteiger partial charge in [0.05, 0.1) is 16.8 Å². The van der Waals surface area contributed by atoms with Crippen LogP contribution in [-0.2, 0) is 0 Å². The van der Waals surface area contributed by atoms with Crippen molar-refractivity contribution in [2.45, 2.75) is 6.92 Å². The molecule has 27 heavy (non-hydrogen) atoms. The molecule has 0 spiro atoms. The molecule has 0 radical (unpaired) electrons. The van der Waals surface area contributed by atoms with Gasteiger partial charge in [-0.3, -0.25) is 4.79 Å². The third-order valence-corrected chi connectivity index (χ3v) is 4.96. The molecule has 4 rings (SSSR count). The highest BCUT2D eigenvalue weighted by molar-refractivity contribution is 9.10. The minimum absolute atomic E-state index is 0.151. The molecule has 3 aromatic carbocycles. The first-order valence-electron chi connectivity index (χ1n) is 8.64. The van der Waals surface area contributed by atoms with Crippen molar-refractivity contribution in [3.63, 3.8) is 0 Å². The second-order valence-electron chi connectivity index (χ2n) is 6.35. The molecule has 1 amide bonds. The molecule has 4 heteroatoms. The lowest BCUT2D eigenvalue weighted by Gasteiger charge is -2.12. The molecule has 0 bridgehead atoms. The molecule has 0 aliphatic heterocycles. The summed E-state index contributed by atoms with van der Waals surface area (Å²) in [6, 6.07) is 25.2. The SMILES string of the molecule is Cc1ccccc1-c1cc(C(=O)Nc2cccc(Br)c2)c2ccccc2n1. The molecule has 0 aliphatic carbocycles. The number of carbonyl (C=O) groups is 1. The standard InChI is InChI=1S/C23H17BrN2O/c1-15-7-2-3-10-18(15)22-14-20(19-11-4-5-12-21(19)26-22)23(27)25-17-9-6-8-16(24)13-17/h2-14H,1H3,(H,25,27). The lowest BCUT2D eigenvalue weighted by molar-refractivity contribution is 0.102. The topological polar surface area (TPSA) is 42.0 Å². The van der Waals surface area contributed by atoms with Gasteiger partial charge in [0.2, 0.25) is 0 Å². The number of anilines is 1. The molecule has 0 saturated heterocycles. The quantitative estimate of drug-likeness (QED) is 0.430. The molecular formula is C23H17BrN2O. The predicted octanol–water partition coefficient (Wildman–Crippen LogP) is 6.23. The van der Waals surface area contributed by atoms with Gasteiger partial charge in [-0.1, -0.05) is 64.5 Å². The Morgan fingerprint density at radius 2 is 1.70 bits per heavy atom. The summed E-state index contributed by atoms with van der Waals surface area (Å²) in [7, 11) is 0. The number of benzene rings is 3. The van der Waals surface area contributed by atoms with Crippen molar-refractivity contribution >= 4 is 38.4 Å². The van der Waals surface area contributed by atoms with Crippen LogP contribution >= 0.6 is 15.9 Å². The number of amides is 1. The monoisotopic (exact) mass is 416 g/mol. The van der Waals surface area contributed by atoms with Gasteiger partial charge in [-0.05, 0) is 42.8 Å². The number of carbonyl (C=O) groups excluding carboxylic acids is 1. The number of nitrogens with one attached hydrogen (secondary N) is 1. The third-order valence-electron chi connectivity index (χ3n) is 4.46. The molecule has 132 valence electrons. The van der Waals surface area contributed by atoms with E-state index in [9.17, 15) is 4.79 Å². The maximum Gasteiger partial charge on any atom is 0.256 e.